The summed E-state index contributed by atoms with van der Waals surface area (Å²) >= 11 is 0. The Labute approximate surface area is 70.9 Å². The van der Waals surface area contributed by atoms with Crippen LogP contribution in [-0.4, -0.2) is 50.8 Å². The molecule has 0 spiro atoms. The first-order chi connectivity index (χ1) is 5.35. The first-order valence-electron chi connectivity index (χ1n) is 4.14. The van der Waals surface area contributed by atoms with Gasteiger partial charge in [0.25, 0.3) is 0 Å². The van der Waals surface area contributed by atoms with Gasteiger partial charge in [0.1, 0.15) is 9.68 Å². The van der Waals surface area contributed by atoms with Crippen LogP contribution >= 0.6 is 0 Å². The number of nitrogens with zero attached hydrogens (tertiary/aromatic N) is 1. The zero-order valence-electron chi connectivity index (χ0n) is 7.16. The molecule has 0 aromatic heterocycles. The third-order valence-electron chi connectivity index (χ3n) is 1.45. The molecule has 0 aliphatic rings. The molecule has 0 amide bonds. The second-order valence-electron chi connectivity index (χ2n) is 2.45. The van der Waals surface area contributed by atoms with Crippen molar-refractivity contribution in [2.45, 2.75) is 19.4 Å². The Balaban J connectivity index is 3.34. The summed E-state index contributed by atoms with van der Waals surface area (Å²) in [6.45, 7) is 4.00. The molecule has 0 rings (SSSR count). The summed E-state index contributed by atoms with van der Waals surface area (Å²) in [5.74, 6) is 0. The van der Waals surface area contributed by atoms with Gasteiger partial charge >= 0.3 is 0 Å². The molecule has 0 atom stereocenters. The van der Waals surface area contributed by atoms with Gasteiger partial charge in [0.15, 0.2) is 0 Å². The first-order valence-corrected chi connectivity index (χ1v) is 5.47. The number of hydrogen-bond acceptors (Lipinski definition) is 3. The van der Waals surface area contributed by atoms with Crippen molar-refractivity contribution >= 4 is 9.68 Å². The average molecular weight is 176 g/mol. The van der Waals surface area contributed by atoms with E-state index in [2.05, 4.69) is 11.5 Å². The lowest BCUT2D eigenvalue weighted by Gasteiger charge is -2.18. The molecule has 11 heavy (non-hydrogen) atoms. The van der Waals surface area contributed by atoms with E-state index < -0.39 is 0 Å². The van der Waals surface area contributed by atoms with E-state index in [0.29, 0.717) is 0 Å². The summed E-state index contributed by atoms with van der Waals surface area (Å²) in [5.41, 5.74) is 0. The van der Waals surface area contributed by atoms with E-state index in [1.165, 1.54) is 12.5 Å². The molecular weight excluding hydrogens is 158 g/mol. The van der Waals surface area contributed by atoms with E-state index in [9.17, 15) is 0 Å². The maximum absolute atomic E-state index is 8.65. The molecule has 0 bridgehead atoms. The summed E-state index contributed by atoms with van der Waals surface area (Å²) in [6, 6.07) is 1.22. The van der Waals surface area contributed by atoms with Gasteiger partial charge in [-0.2, -0.15) is 0 Å². The summed E-state index contributed by atoms with van der Waals surface area (Å²) < 4.78 is 2.16. The van der Waals surface area contributed by atoms with Crippen LogP contribution in [0.1, 0.15) is 13.3 Å². The van der Waals surface area contributed by atoms with Crippen molar-refractivity contribution < 1.29 is 10.2 Å². The molecule has 0 aromatic rings. The smallest absolute Gasteiger partial charge is 0.116 e. The molecule has 0 saturated carbocycles. The molecule has 0 fully saturated rings. The fourth-order valence-corrected chi connectivity index (χ4v) is 2.08. The molecule has 3 nitrogen and oxygen atoms in total. The van der Waals surface area contributed by atoms with Gasteiger partial charge in [-0.3, -0.25) is 0 Å². The van der Waals surface area contributed by atoms with E-state index in [4.69, 9.17) is 10.2 Å². The fourth-order valence-electron chi connectivity index (χ4n) is 0.863. The molecule has 1 radical (unpaired) electrons. The Kier molecular flexibility index (Phi) is 8.27. The standard InChI is InChI=1S/C7H18NO2Si/c1-2-7-11-8(3-5-9)4-6-10/h9-11H,2-7H2,1H3. The average Bonchev–Trinajstić information content (AvgIpc) is 2.01. The van der Waals surface area contributed by atoms with Crippen molar-refractivity contribution in [3.05, 3.63) is 0 Å². The fraction of sp³-hybridized carbons (Fsp3) is 1.00. The summed E-state index contributed by atoms with van der Waals surface area (Å²) in [5, 5.41) is 17.3. The Morgan fingerprint density at radius 2 is 1.73 bits per heavy atom. The van der Waals surface area contributed by atoms with Gasteiger partial charge in [-0.05, 0) is 6.04 Å². The van der Waals surface area contributed by atoms with E-state index >= 15 is 0 Å². The highest BCUT2D eigenvalue weighted by Gasteiger charge is 2.01. The Bertz CT molecular complexity index is 76.8. The Morgan fingerprint density at radius 3 is 2.09 bits per heavy atom. The molecule has 2 N–H and O–H groups in total. The van der Waals surface area contributed by atoms with Crippen LogP contribution in [0.2, 0.25) is 6.04 Å². The Hall–Kier alpha value is 0.0969. The summed E-state index contributed by atoms with van der Waals surface area (Å²) in [6.07, 6.45) is 1.20. The Morgan fingerprint density at radius 1 is 1.18 bits per heavy atom. The normalized spacial score (nSPS) is 10.9. The predicted molar refractivity (Wildman–Crippen MR) is 48.0 cm³/mol. The predicted octanol–water partition coefficient (Wildman–Crippen LogP) is -0.547. The van der Waals surface area contributed by atoms with Crippen molar-refractivity contribution in [2.75, 3.05) is 26.3 Å². The van der Waals surface area contributed by atoms with Crippen LogP contribution in [0.5, 0.6) is 0 Å². The molecule has 0 saturated heterocycles. The first kappa shape index (κ1) is 11.1. The van der Waals surface area contributed by atoms with Crippen LogP contribution in [0.25, 0.3) is 0 Å². The quantitative estimate of drug-likeness (QED) is 0.512. The number of aliphatic hydroxyl groups excluding tert-OH is 2. The van der Waals surface area contributed by atoms with Crippen LogP contribution < -0.4 is 0 Å². The van der Waals surface area contributed by atoms with Crippen molar-refractivity contribution in [2.24, 2.45) is 0 Å². The maximum atomic E-state index is 8.65. The van der Waals surface area contributed by atoms with Gasteiger partial charge in [-0.25, -0.2) is 0 Å². The van der Waals surface area contributed by atoms with Crippen LogP contribution in [0, 0.1) is 0 Å². The van der Waals surface area contributed by atoms with Gasteiger partial charge < -0.3 is 14.8 Å². The monoisotopic (exact) mass is 176 g/mol. The molecule has 67 valence electrons. The maximum Gasteiger partial charge on any atom is 0.116 e. The number of aliphatic hydroxyl groups is 2. The highest BCUT2D eigenvalue weighted by Crippen LogP contribution is 1.91. The SMILES string of the molecule is CCC[SiH]N(CCO)CCO. The van der Waals surface area contributed by atoms with Gasteiger partial charge in [0, 0.05) is 13.1 Å². The lowest BCUT2D eigenvalue weighted by molar-refractivity contribution is 0.218. The third-order valence-corrected chi connectivity index (χ3v) is 3.32. The highest BCUT2D eigenvalue weighted by atomic mass is 28.2. The van der Waals surface area contributed by atoms with Crippen LogP contribution in [0.15, 0.2) is 0 Å². The molecule has 4 heteroatoms. The molecule has 0 aliphatic carbocycles. The zero-order chi connectivity index (χ0) is 8.53. The molecule has 0 heterocycles. The number of hydrogen-bond donors (Lipinski definition) is 2. The minimum Gasteiger partial charge on any atom is -0.395 e. The summed E-state index contributed by atoms with van der Waals surface area (Å²) in [4.78, 5) is 0. The molecule has 0 unspecified atom stereocenters. The molecule has 0 aliphatic heterocycles. The lowest BCUT2D eigenvalue weighted by Crippen LogP contribution is -2.33. The highest BCUT2D eigenvalue weighted by molar-refractivity contribution is 6.31. The minimum atomic E-state index is 0.205. The third kappa shape index (κ3) is 6.49. The van der Waals surface area contributed by atoms with Crippen molar-refractivity contribution in [3.63, 3.8) is 0 Å². The van der Waals surface area contributed by atoms with Crippen molar-refractivity contribution in [1.29, 1.82) is 0 Å². The van der Waals surface area contributed by atoms with E-state index in [-0.39, 0.29) is 22.9 Å². The van der Waals surface area contributed by atoms with E-state index in [1.807, 2.05) is 0 Å². The lowest BCUT2D eigenvalue weighted by atomic mass is 10.6. The molecular formula is C7H18NO2Si. The van der Waals surface area contributed by atoms with Gasteiger partial charge in [0.2, 0.25) is 0 Å². The van der Waals surface area contributed by atoms with Gasteiger partial charge in [-0.1, -0.05) is 13.3 Å². The van der Waals surface area contributed by atoms with E-state index in [1.54, 1.807) is 0 Å². The van der Waals surface area contributed by atoms with E-state index in [0.717, 1.165) is 13.1 Å². The second-order valence-corrected chi connectivity index (χ2v) is 4.13. The minimum absolute atomic E-state index is 0.205. The van der Waals surface area contributed by atoms with Gasteiger partial charge in [0.05, 0.1) is 13.2 Å². The largest absolute Gasteiger partial charge is 0.395 e. The van der Waals surface area contributed by atoms with Gasteiger partial charge in [-0.15, -0.1) is 0 Å². The van der Waals surface area contributed by atoms with Crippen LogP contribution in [-0.2, 0) is 0 Å². The van der Waals surface area contributed by atoms with Crippen molar-refractivity contribution in [1.82, 2.24) is 4.57 Å². The van der Waals surface area contributed by atoms with Crippen LogP contribution in [0.3, 0.4) is 0 Å². The summed E-state index contributed by atoms with van der Waals surface area (Å²) in [7, 11) is 0.283. The topological polar surface area (TPSA) is 43.7 Å². The molecule has 0 aromatic carbocycles. The zero-order valence-corrected chi connectivity index (χ0v) is 8.32. The van der Waals surface area contributed by atoms with Crippen LogP contribution in [0.4, 0.5) is 0 Å². The number of rotatable bonds is 7. The second kappa shape index (κ2) is 8.20. The van der Waals surface area contributed by atoms with Crippen molar-refractivity contribution in [3.8, 4) is 0 Å².